The Morgan fingerprint density at radius 2 is 1.91 bits per heavy atom. The fourth-order valence-corrected chi connectivity index (χ4v) is 2.74. The molecule has 0 spiro atoms. The number of rotatable bonds is 6. The predicted molar refractivity (Wildman–Crippen MR) is 93.2 cm³/mol. The fourth-order valence-electron chi connectivity index (χ4n) is 2.74. The molecule has 0 saturated carbocycles. The Labute approximate surface area is 137 Å². The molecule has 23 heavy (non-hydrogen) atoms. The zero-order valence-corrected chi connectivity index (χ0v) is 13.4. The third-order valence-corrected chi connectivity index (χ3v) is 4.05. The van der Waals surface area contributed by atoms with Crippen LogP contribution in [0, 0.1) is 0 Å². The highest BCUT2D eigenvalue weighted by Gasteiger charge is 2.22. The Balaban J connectivity index is 1.53. The number of para-hydroxylation sites is 2. The highest BCUT2D eigenvalue weighted by atomic mass is 16.5. The number of carbonyl (C=O) groups excluding carboxylic acids is 1. The van der Waals surface area contributed by atoms with Crippen molar-refractivity contribution in [2.45, 2.75) is 19.8 Å². The number of aryl methyl sites for hydroxylation is 1. The maximum absolute atomic E-state index is 12.1. The smallest absolute Gasteiger partial charge is 0.246 e. The molecule has 0 atom stereocenters. The summed E-state index contributed by atoms with van der Waals surface area (Å²) in [5.41, 5.74) is 3.28. The molecular weight excluding hydrogens is 288 g/mol. The number of nitrogens with zero attached hydrogens (tertiary/aromatic N) is 1. The summed E-state index contributed by atoms with van der Waals surface area (Å²) in [6.45, 7) is 3.77. The Kier molecular flexibility index (Phi) is 4.81. The van der Waals surface area contributed by atoms with Gasteiger partial charge in [-0.05, 0) is 42.7 Å². The second-order valence-corrected chi connectivity index (χ2v) is 5.62. The number of carbonyl (C=O) groups is 1. The van der Waals surface area contributed by atoms with Gasteiger partial charge in [-0.25, -0.2) is 0 Å². The van der Waals surface area contributed by atoms with Crippen molar-refractivity contribution in [1.29, 1.82) is 0 Å². The third kappa shape index (κ3) is 3.65. The van der Waals surface area contributed by atoms with Crippen molar-refractivity contribution < 1.29 is 9.53 Å². The summed E-state index contributed by atoms with van der Waals surface area (Å²) in [6, 6.07) is 16.1. The van der Waals surface area contributed by atoms with E-state index in [9.17, 15) is 4.79 Å². The first-order valence-corrected chi connectivity index (χ1v) is 8.13. The van der Waals surface area contributed by atoms with E-state index >= 15 is 0 Å². The molecule has 0 bridgehead atoms. The molecule has 2 aromatic rings. The van der Waals surface area contributed by atoms with E-state index in [1.807, 2.05) is 41.3 Å². The van der Waals surface area contributed by atoms with E-state index in [4.69, 9.17) is 4.74 Å². The fraction of sp³-hybridized carbons (Fsp3) is 0.316. The minimum absolute atomic E-state index is 0.107. The van der Waals surface area contributed by atoms with Crippen molar-refractivity contribution in [1.82, 2.24) is 0 Å². The van der Waals surface area contributed by atoms with Gasteiger partial charge in [0, 0.05) is 6.54 Å². The van der Waals surface area contributed by atoms with Crippen molar-refractivity contribution >= 4 is 17.3 Å². The minimum Gasteiger partial charge on any atom is -0.494 e. The molecule has 1 heterocycles. The number of amides is 1. The van der Waals surface area contributed by atoms with Gasteiger partial charge in [0.25, 0.3) is 0 Å². The van der Waals surface area contributed by atoms with Crippen LogP contribution in [0.25, 0.3) is 0 Å². The standard InChI is InChI=1S/C19H22N2O2/c1-2-15-8-10-16(11-9-15)23-13-5-12-21-18-7-4-3-6-17(18)20-14-19(21)22/h3-4,6-11,20H,2,5,12-14H2,1H3. The van der Waals surface area contributed by atoms with Gasteiger partial charge in [-0.1, -0.05) is 31.2 Å². The van der Waals surface area contributed by atoms with E-state index in [0.29, 0.717) is 19.7 Å². The first-order valence-electron chi connectivity index (χ1n) is 8.13. The summed E-state index contributed by atoms with van der Waals surface area (Å²) in [6.07, 6.45) is 1.83. The number of ether oxygens (including phenoxy) is 1. The number of fused-ring (bicyclic) bond motifs is 1. The van der Waals surface area contributed by atoms with E-state index in [0.717, 1.165) is 30.0 Å². The van der Waals surface area contributed by atoms with Crippen LogP contribution in [-0.2, 0) is 11.2 Å². The molecule has 3 rings (SSSR count). The molecule has 0 radical (unpaired) electrons. The SMILES string of the molecule is CCc1ccc(OCCCN2C(=O)CNc3ccccc32)cc1. The van der Waals surface area contributed by atoms with Crippen LogP contribution in [0.4, 0.5) is 11.4 Å². The van der Waals surface area contributed by atoms with Crippen LogP contribution >= 0.6 is 0 Å². The number of anilines is 2. The Bertz CT molecular complexity index is 667. The molecule has 0 unspecified atom stereocenters. The van der Waals surface area contributed by atoms with Crippen LogP contribution in [0.3, 0.4) is 0 Å². The molecule has 4 nitrogen and oxygen atoms in total. The number of benzene rings is 2. The van der Waals surface area contributed by atoms with Crippen molar-refractivity contribution in [3.05, 3.63) is 54.1 Å². The first kappa shape index (κ1) is 15.4. The summed E-state index contributed by atoms with van der Waals surface area (Å²) < 4.78 is 5.77. The molecular formula is C19H22N2O2. The normalized spacial score (nSPS) is 13.4. The Morgan fingerprint density at radius 3 is 2.70 bits per heavy atom. The highest BCUT2D eigenvalue weighted by Crippen LogP contribution is 2.28. The molecule has 1 N–H and O–H groups in total. The molecule has 0 aromatic heterocycles. The monoisotopic (exact) mass is 310 g/mol. The second kappa shape index (κ2) is 7.18. The molecule has 120 valence electrons. The molecule has 1 aliphatic rings. The summed E-state index contributed by atoms with van der Waals surface area (Å²) >= 11 is 0. The molecule has 0 fully saturated rings. The van der Waals surface area contributed by atoms with Gasteiger partial charge >= 0.3 is 0 Å². The molecule has 0 saturated heterocycles. The zero-order chi connectivity index (χ0) is 16.1. The average molecular weight is 310 g/mol. The quantitative estimate of drug-likeness (QED) is 0.831. The maximum Gasteiger partial charge on any atom is 0.246 e. The first-order chi connectivity index (χ1) is 11.3. The Morgan fingerprint density at radius 1 is 1.13 bits per heavy atom. The summed E-state index contributed by atoms with van der Waals surface area (Å²) in [4.78, 5) is 14.0. The molecule has 1 aliphatic heterocycles. The summed E-state index contributed by atoms with van der Waals surface area (Å²) in [7, 11) is 0. The highest BCUT2D eigenvalue weighted by molar-refractivity contribution is 6.02. The molecule has 0 aliphatic carbocycles. The van der Waals surface area contributed by atoms with Crippen molar-refractivity contribution in [2.75, 3.05) is 29.9 Å². The second-order valence-electron chi connectivity index (χ2n) is 5.62. The summed E-state index contributed by atoms with van der Waals surface area (Å²) in [5.74, 6) is 0.991. The molecule has 4 heteroatoms. The lowest BCUT2D eigenvalue weighted by Crippen LogP contribution is -2.40. The van der Waals surface area contributed by atoms with E-state index in [2.05, 4.69) is 24.4 Å². The van der Waals surface area contributed by atoms with Crippen LogP contribution in [0.1, 0.15) is 18.9 Å². The van der Waals surface area contributed by atoms with E-state index in [1.54, 1.807) is 0 Å². The lowest BCUT2D eigenvalue weighted by atomic mass is 10.2. The van der Waals surface area contributed by atoms with Gasteiger partial charge in [0.2, 0.25) is 5.91 Å². The van der Waals surface area contributed by atoms with E-state index in [1.165, 1.54) is 5.56 Å². The largest absolute Gasteiger partial charge is 0.494 e. The number of hydrogen-bond acceptors (Lipinski definition) is 3. The lowest BCUT2D eigenvalue weighted by molar-refractivity contribution is -0.117. The maximum atomic E-state index is 12.1. The van der Waals surface area contributed by atoms with Crippen LogP contribution in [0.15, 0.2) is 48.5 Å². The number of hydrogen-bond donors (Lipinski definition) is 1. The average Bonchev–Trinajstić information content (AvgIpc) is 2.60. The predicted octanol–water partition coefficient (Wildman–Crippen LogP) is 3.48. The summed E-state index contributed by atoms with van der Waals surface area (Å²) in [5, 5.41) is 3.15. The van der Waals surface area contributed by atoms with Crippen molar-refractivity contribution in [2.24, 2.45) is 0 Å². The van der Waals surface area contributed by atoms with Gasteiger partial charge in [-0.15, -0.1) is 0 Å². The minimum atomic E-state index is 0.107. The molecule has 1 amide bonds. The molecule has 2 aromatic carbocycles. The van der Waals surface area contributed by atoms with Crippen molar-refractivity contribution in [3.63, 3.8) is 0 Å². The van der Waals surface area contributed by atoms with Gasteiger partial charge in [0.05, 0.1) is 24.5 Å². The zero-order valence-electron chi connectivity index (χ0n) is 13.4. The van der Waals surface area contributed by atoms with Crippen LogP contribution in [0.5, 0.6) is 5.75 Å². The van der Waals surface area contributed by atoms with Gasteiger partial charge in [0.15, 0.2) is 0 Å². The Hall–Kier alpha value is -2.49. The van der Waals surface area contributed by atoms with Gasteiger partial charge in [-0.2, -0.15) is 0 Å². The van der Waals surface area contributed by atoms with Gasteiger partial charge in [0.1, 0.15) is 5.75 Å². The number of nitrogens with one attached hydrogen (secondary N) is 1. The van der Waals surface area contributed by atoms with E-state index < -0.39 is 0 Å². The van der Waals surface area contributed by atoms with Crippen molar-refractivity contribution in [3.8, 4) is 5.75 Å². The van der Waals surface area contributed by atoms with Crippen LogP contribution in [-0.4, -0.2) is 25.6 Å². The van der Waals surface area contributed by atoms with E-state index in [-0.39, 0.29) is 5.91 Å². The van der Waals surface area contributed by atoms with Crippen LogP contribution < -0.4 is 15.0 Å². The lowest BCUT2D eigenvalue weighted by Gasteiger charge is -2.30. The van der Waals surface area contributed by atoms with Gasteiger partial charge < -0.3 is 15.0 Å². The third-order valence-electron chi connectivity index (χ3n) is 4.05. The topological polar surface area (TPSA) is 41.6 Å². The van der Waals surface area contributed by atoms with Crippen LogP contribution in [0.2, 0.25) is 0 Å². The van der Waals surface area contributed by atoms with Gasteiger partial charge in [-0.3, -0.25) is 4.79 Å².